The molecule has 5 nitrogen and oxygen atoms in total. The van der Waals surface area contributed by atoms with Crippen LogP contribution in [-0.4, -0.2) is 23.2 Å². The van der Waals surface area contributed by atoms with Crippen molar-refractivity contribution >= 4 is 5.82 Å². The van der Waals surface area contributed by atoms with E-state index in [1.807, 2.05) is 13.8 Å². The van der Waals surface area contributed by atoms with Crippen LogP contribution in [0.3, 0.4) is 0 Å². The maximum Gasteiger partial charge on any atom is 0.321 e. The molecule has 5 heteroatoms. The van der Waals surface area contributed by atoms with Gasteiger partial charge in [-0.2, -0.15) is 9.97 Å². The van der Waals surface area contributed by atoms with E-state index in [1.165, 1.54) is 7.11 Å². The fourth-order valence-corrected chi connectivity index (χ4v) is 0.814. The molecule has 1 rings (SSSR count). The molecule has 0 atom stereocenters. The van der Waals surface area contributed by atoms with E-state index in [4.69, 9.17) is 15.2 Å². The monoisotopic (exact) mass is 183 g/mol. The number of hydrogen-bond acceptors (Lipinski definition) is 5. The first-order valence-corrected chi connectivity index (χ1v) is 3.97. The number of nitrogens with zero attached hydrogens (tertiary/aromatic N) is 2. The molecule has 2 N–H and O–H groups in total. The van der Waals surface area contributed by atoms with Crippen molar-refractivity contribution in [2.45, 2.75) is 20.0 Å². The highest BCUT2D eigenvalue weighted by Gasteiger charge is 2.04. The second-order valence-corrected chi connectivity index (χ2v) is 2.78. The minimum Gasteiger partial charge on any atom is -0.475 e. The largest absolute Gasteiger partial charge is 0.475 e. The van der Waals surface area contributed by atoms with Crippen LogP contribution >= 0.6 is 0 Å². The first-order valence-electron chi connectivity index (χ1n) is 3.97. The maximum atomic E-state index is 5.50. The Labute approximate surface area is 76.9 Å². The molecular formula is C8H13N3O2. The lowest BCUT2D eigenvalue weighted by Gasteiger charge is -2.09. The molecule has 0 radical (unpaired) electrons. The molecule has 0 aliphatic carbocycles. The van der Waals surface area contributed by atoms with Gasteiger partial charge in [-0.3, -0.25) is 0 Å². The number of ether oxygens (including phenoxy) is 2. The van der Waals surface area contributed by atoms with Crippen LogP contribution in [-0.2, 0) is 0 Å². The van der Waals surface area contributed by atoms with Crippen LogP contribution in [0.2, 0.25) is 0 Å². The van der Waals surface area contributed by atoms with Crippen molar-refractivity contribution in [3.8, 4) is 11.9 Å². The van der Waals surface area contributed by atoms with Crippen molar-refractivity contribution in [2.24, 2.45) is 0 Å². The van der Waals surface area contributed by atoms with E-state index in [9.17, 15) is 0 Å². The average molecular weight is 183 g/mol. The van der Waals surface area contributed by atoms with Gasteiger partial charge in [-0.05, 0) is 13.8 Å². The smallest absolute Gasteiger partial charge is 0.321 e. The van der Waals surface area contributed by atoms with Crippen molar-refractivity contribution in [3.05, 3.63) is 6.07 Å². The lowest BCUT2D eigenvalue weighted by Crippen LogP contribution is -2.08. The standard InChI is InChI=1S/C8H13N3O2/c1-5(2)13-7-4-6(9)10-8(11-7)12-3/h4-5H,1-3H3,(H2,9,10,11). The summed E-state index contributed by atoms with van der Waals surface area (Å²) in [6.07, 6.45) is 0.0546. The summed E-state index contributed by atoms with van der Waals surface area (Å²) in [7, 11) is 1.48. The fraction of sp³-hybridized carbons (Fsp3) is 0.500. The Morgan fingerprint density at radius 3 is 2.62 bits per heavy atom. The first kappa shape index (κ1) is 9.57. The number of nitrogen functional groups attached to an aromatic ring is 1. The number of rotatable bonds is 3. The minimum atomic E-state index is 0.0546. The van der Waals surface area contributed by atoms with E-state index in [2.05, 4.69) is 9.97 Å². The van der Waals surface area contributed by atoms with Crippen LogP contribution in [0, 0.1) is 0 Å². The third kappa shape index (κ3) is 2.77. The molecule has 0 unspecified atom stereocenters. The van der Waals surface area contributed by atoms with E-state index >= 15 is 0 Å². The van der Waals surface area contributed by atoms with E-state index in [0.717, 1.165) is 0 Å². The molecule has 0 amide bonds. The summed E-state index contributed by atoms with van der Waals surface area (Å²) in [6, 6.07) is 1.78. The van der Waals surface area contributed by atoms with Gasteiger partial charge < -0.3 is 15.2 Å². The summed E-state index contributed by atoms with van der Waals surface area (Å²) in [4.78, 5) is 7.78. The molecule has 0 aliphatic rings. The molecule has 1 heterocycles. The molecule has 0 aromatic carbocycles. The summed E-state index contributed by atoms with van der Waals surface area (Å²) in [5.74, 6) is 0.766. The molecule has 0 saturated carbocycles. The molecule has 1 aromatic rings. The van der Waals surface area contributed by atoms with Crippen LogP contribution in [0.5, 0.6) is 11.9 Å². The molecule has 0 aliphatic heterocycles. The third-order valence-electron chi connectivity index (χ3n) is 1.24. The molecule has 13 heavy (non-hydrogen) atoms. The summed E-state index contributed by atoms with van der Waals surface area (Å²) >= 11 is 0. The second kappa shape index (κ2) is 3.93. The Kier molecular flexibility index (Phi) is 2.89. The van der Waals surface area contributed by atoms with Crippen molar-refractivity contribution in [2.75, 3.05) is 12.8 Å². The number of methoxy groups -OCH3 is 1. The zero-order valence-corrected chi connectivity index (χ0v) is 7.94. The highest BCUT2D eigenvalue weighted by Crippen LogP contribution is 2.15. The minimum absolute atomic E-state index is 0.0546. The molecule has 0 fully saturated rings. The maximum absolute atomic E-state index is 5.50. The van der Waals surface area contributed by atoms with Crippen LogP contribution in [0.25, 0.3) is 0 Å². The van der Waals surface area contributed by atoms with Crippen molar-refractivity contribution in [3.63, 3.8) is 0 Å². The van der Waals surface area contributed by atoms with E-state index < -0.39 is 0 Å². The molecule has 0 spiro atoms. The van der Waals surface area contributed by atoms with Gasteiger partial charge in [0, 0.05) is 6.07 Å². The quantitative estimate of drug-likeness (QED) is 0.752. The average Bonchev–Trinajstić information content (AvgIpc) is 2.01. The van der Waals surface area contributed by atoms with E-state index in [-0.39, 0.29) is 12.1 Å². The lowest BCUT2D eigenvalue weighted by atomic mass is 10.5. The number of anilines is 1. The normalized spacial score (nSPS) is 10.2. The molecule has 72 valence electrons. The van der Waals surface area contributed by atoms with Gasteiger partial charge in [-0.25, -0.2) is 0 Å². The van der Waals surface area contributed by atoms with Gasteiger partial charge in [-0.15, -0.1) is 0 Å². The molecule has 1 aromatic heterocycles. The predicted octanol–water partition coefficient (Wildman–Crippen LogP) is 0.855. The Hall–Kier alpha value is -1.52. The van der Waals surface area contributed by atoms with Crippen molar-refractivity contribution in [1.29, 1.82) is 0 Å². The number of aromatic nitrogens is 2. The van der Waals surface area contributed by atoms with Gasteiger partial charge in [0.25, 0.3) is 0 Å². The van der Waals surface area contributed by atoms with Crippen LogP contribution < -0.4 is 15.2 Å². The first-order chi connectivity index (χ1) is 6.11. The van der Waals surface area contributed by atoms with E-state index in [0.29, 0.717) is 11.7 Å². The SMILES string of the molecule is COc1nc(N)cc(OC(C)C)n1. The van der Waals surface area contributed by atoms with Gasteiger partial charge in [0.2, 0.25) is 5.88 Å². The van der Waals surface area contributed by atoms with Gasteiger partial charge in [0.15, 0.2) is 0 Å². The summed E-state index contributed by atoms with van der Waals surface area (Å²) in [5.41, 5.74) is 5.50. The molecular weight excluding hydrogens is 170 g/mol. The zero-order valence-electron chi connectivity index (χ0n) is 7.94. The molecule has 0 bridgehead atoms. The van der Waals surface area contributed by atoms with Gasteiger partial charge in [0.1, 0.15) is 5.82 Å². The highest BCUT2D eigenvalue weighted by molar-refractivity contribution is 5.34. The van der Waals surface area contributed by atoms with Gasteiger partial charge in [0.05, 0.1) is 13.2 Å². The Morgan fingerprint density at radius 1 is 1.38 bits per heavy atom. The topological polar surface area (TPSA) is 70.3 Å². The second-order valence-electron chi connectivity index (χ2n) is 2.78. The van der Waals surface area contributed by atoms with Crippen molar-refractivity contribution in [1.82, 2.24) is 9.97 Å². The van der Waals surface area contributed by atoms with Gasteiger partial charge >= 0.3 is 6.01 Å². The van der Waals surface area contributed by atoms with Crippen LogP contribution in [0.1, 0.15) is 13.8 Å². The fourth-order valence-electron chi connectivity index (χ4n) is 0.814. The summed E-state index contributed by atoms with van der Waals surface area (Å²) < 4.78 is 10.2. The van der Waals surface area contributed by atoms with Crippen LogP contribution in [0.4, 0.5) is 5.82 Å². The Balaban J connectivity index is 2.88. The van der Waals surface area contributed by atoms with Gasteiger partial charge in [-0.1, -0.05) is 0 Å². The Morgan fingerprint density at radius 2 is 2.08 bits per heavy atom. The highest BCUT2D eigenvalue weighted by atomic mass is 16.5. The summed E-state index contributed by atoms with van der Waals surface area (Å²) in [5, 5.41) is 0. The third-order valence-corrected chi connectivity index (χ3v) is 1.24. The summed E-state index contributed by atoms with van der Waals surface area (Å²) in [6.45, 7) is 3.82. The van der Waals surface area contributed by atoms with Crippen LogP contribution in [0.15, 0.2) is 6.07 Å². The number of nitrogens with two attached hydrogens (primary N) is 1. The Bertz CT molecular complexity index is 289. The number of hydrogen-bond donors (Lipinski definition) is 1. The van der Waals surface area contributed by atoms with Crippen molar-refractivity contribution < 1.29 is 9.47 Å². The predicted molar refractivity (Wildman–Crippen MR) is 48.8 cm³/mol. The van der Waals surface area contributed by atoms with E-state index in [1.54, 1.807) is 6.07 Å². The lowest BCUT2D eigenvalue weighted by molar-refractivity contribution is 0.228. The molecule has 0 saturated heterocycles. The zero-order chi connectivity index (χ0) is 9.84.